The Hall–Kier alpha value is -6.95. The lowest BCUT2D eigenvalue weighted by molar-refractivity contribution is 1.08. The van der Waals surface area contributed by atoms with Crippen LogP contribution in [0.4, 0.5) is 0 Å². The van der Waals surface area contributed by atoms with Gasteiger partial charge in [-0.15, -0.1) is 0 Å². The van der Waals surface area contributed by atoms with E-state index in [1.807, 2.05) is 91.1 Å². The predicted octanol–water partition coefficient (Wildman–Crippen LogP) is 10.4. The summed E-state index contributed by atoms with van der Waals surface area (Å²) in [6.07, 6.45) is 1.84. The van der Waals surface area contributed by atoms with Gasteiger partial charge in [-0.05, 0) is 54.1 Å². The summed E-state index contributed by atoms with van der Waals surface area (Å²) in [6, 6.07) is 53.9. The fourth-order valence-electron chi connectivity index (χ4n) is 7.17. The summed E-state index contributed by atoms with van der Waals surface area (Å²) >= 11 is 0. The van der Waals surface area contributed by atoms with Gasteiger partial charge in [0, 0.05) is 44.4 Å². The van der Waals surface area contributed by atoms with Crippen LogP contribution in [0.5, 0.6) is 0 Å². The standard InChI is InChI=1S/C43H25N5/c44-25-30-24-28(20-22-38(30)47-39-16-5-1-10-33(39)34-11-2-6-17-40(34)47)31-14-9-15-32(37(31)26-45)29-21-23-43(46-27-29)48-41-18-7-3-12-35(41)36-13-4-8-19-42(36)48/h1-24,27H. The van der Waals surface area contributed by atoms with Crippen molar-refractivity contribution in [1.82, 2.24) is 14.1 Å². The average molecular weight is 612 g/mol. The molecule has 5 heteroatoms. The Morgan fingerprint density at radius 3 is 1.46 bits per heavy atom. The third kappa shape index (κ3) is 4.06. The number of fused-ring (bicyclic) bond motifs is 6. The lowest BCUT2D eigenvalue weighted by Gasteiger charge is -2.14. The van der Waals surface area contributed by atoms with Gasteiger partial charge in [0.05, 0.1) is 38.9 Å². The van der Waals surface area contributed by atoms with Crippen LogP contribution in [-0.4, -0.2) is 14.1 Å². The van der Waals surface area contributed by atoms with Crippen LogP contribution < -0.4 is 0 Å². The second-order valence-electron chi connectivity index (χ2n) is 11.8. The Kier molecular flexibility index (Phi) is 6.18. The average Bonchev–Trinajstić information content (AvgIpc) is 3.67. The minimum atomic E-state index is 0.533. The fraction of sp³-hybridized carbons (Fsp3) is 0. The van der Waals surface area contributed by atoms with Crippen LogP contribution >= 0.6 is 0 Å². The van der Waals surface area contributed by atoms with Crippen LogP contribution in [0, 0.1) is 22.7 Å². The lowest BCUT2D eigenvalue weighted by Crippen LogP contribution is -1.99. The molecule has 48 heavy (non-hydrogen) atoms. The molecular formula is C43H25N5. The third-order valence-electron chi connectivity index (χ3n) is 9.29. The molecule has 0 amide bonds. The van der Waals surface area contributed by atoms with Crippen molar-refractivity contribution in [2.45, 2.75) is 0 Å². The van der Waals surface area contributed by atoms with Gasteiger partial charge in [0.15, 0.2) is 0 Å². The monoisotopic (exact) mass is 611 g/mol. The van der Waals surface area contributed by atoms with E-state index in [1.165, 1.54) is 10.8 Å². The van der Waals surface area contributed by atoms with Crippen molar-refractivity contribution in [3.8, 4) is 45.9 Å². The first-order valence-corrected chi connectivity index (χ1v) is 15.8. The second kappa shape index (κ2) is 10.8. The van der Waals surface area contributed by atoms with Crippen molar-refractivity contribution >= 4 is 43.6 Å². The maximum atomic E-state index is 10.5. The zero-order chi connectivity index (χ0) is 32.2. The number of pyridine rings is 1. The van der Waals surface area contributed by atoms with Gasteiger partial charge in [-0.3, -0.25) is 4.57 Å². The van der Waals surface area contributed by atoms with Crippen LogP contribution in [0.2, 0.25) is 0 Å². The van der Waals surface area contributed by atoms with Gasteiger partial charge < -0.3 is 4.57 Å². The molecule has 0 saturated carbocycles. The summed E-state index contributed by atoms with van der Waals surface area (Å²) in [4.78, 5) is 4.90. The zero-order valence-electron chi connectivity index (χ0n) is 25.7. The molecule has 0 bridgehead atoms. The predicted molar refractivity (Wildman–Crippen MR) is 193 cm³/mol. The van der Waals surface area contributed by atoms with Crippen LogP contribution in [0.15, 0.2) is 152 Å². The summed E-state index contributed by atoms with van der Waals surface area (Å²) in [5.41, 5.74) is 9.37. The molecule has 3 heterocycles. The Labute approximate surface area is 276 Å². The van der Waals surface area contributed by atoms with E-state index in [0.717, 1.165) is 66.6 Å². The molecule has 0 spiro atoms. The van der Waals surface area contributed by atoms with Crippen molar-refractivity contribution in [1.29, 1.82) is 10.5 Å². The molecule has 0 N–H and O–H groups in total. The number of nitrogens with zero attached hydrogens (tertiary/aromatic N) is 5. The number of aromatic nitrogens is 3. The highest BCUT2D eigenvalue weighted by atomic mass is 15.1. The molecule has 0 aliphatic rings. The molecule has 9 rings (SSSR count). The van der Waals surface area contributed by atoms with Crippen LogP contribution in [0.25, 0.3) is 77.4 Å². The first-order chi connectivity index (χ1) is 23.7. The molecule has 0 unspecified atom stereocenters. The summed E-state index contributed by atoms with van der Waals surface area (Å²) < 4.78 is 4.33. The first kappa shape index (κ1) is 27.4. The van der Waals surface area contributed by atoms with E-state index in [2.05, 4.69) is 81.9 Å². The Balaban J connectivity index is 1.14. The van der Waals surface area contributed by atoms with Gasteiger partial charge in [0.2, 0.25) is 0 Å². The zero-order valence-corrected chi connectivity index (χ0v) is 25.7. The lowest BCUT2D eigenvalue weighted by atomic mass is 9.92. The van der Waals surface area contributed by atoms with Gasteiger partial charge >= 0.3 is 0 Å². The van der Waals surface area contributed by atoms with Crippen LogP contribution in [-0.2, 0) is 0 Å². The molecule has 9 aromatic rings. The van der Waals surface area contributed by atoms with Crippen molar-refractivity contribution in [3.05, 3.63) is 163 Å². The molecule has 0 radical (unpaired) electrons. The van der Waals surface area contributed by atoms with E-state index in [1.54, 1.807) is 0 Å². The summed E-state index contributed by atoms with van der Waals surface area (Å²) in [5, 5.41) is 25.5. The number of para-hydroxylation sites is 4. The highest BCUT2D eigenvalue weighted by molar-refractivity contribution is 6.10. The van der Waals surface area contributed by atoms with Crippen LogP contribution in [0.3, 0.4) is 0 Å². The molecule has 0 atom stereocenters. The molecule has 3 aromatic heterocycles. The van der Waals surface area contributed by atoms with Gasteiger partial charge in [0.1, 0.15) is 18.0 Å². The highest BCUT2D eigenvalue weighted by Crippen LogP contribution is 2.37. The summed E-state index contributed by atoms with van der Waals surface area (Å²) in [7, 11) is 0. The maximum absolute atomic E-state index is 10.5. The Morgan fingerprint density at radius 1 is 0.458 bits per heavy atom. The second-order valence-corrected chi connectivity index (χ2v) is 11.8. The minimum Gasteiger partial charge on any atom is -0.308 e. The normalized spacial score (nSPS) is 11.3. The number of nitriles is 2. The van der Waals surface area contributed by atoms with Gasteiger partial charge in [-0.1, -0.05) is 97.1 Å². The van der Waals surface area contributed by atoms with Crippen molar-refractivity contribution in [2.75, 3.05) is 0 Å². The number of rotatable bonds is 4. The number of hydrogen-bond donors (Lipinski definition) is 0. The van der Waals surface area contributed by atoms with E-state index < -0.39 is 0 Å². The summed E-state index contributed by atoms with van der Waals surface area (Å²) in [6.45, 7) is 0. The van der Waals surface area contributed by atoms with E-state index in [-0.39, 0.29) is 0 Å². The SMILES string of the molecule is N#Cc1cc(-c2cccc(-c3ccc(-n4c5ccccc5c5ccccc54)nc3)c2C#N)ccc1-n1c2ccccc2c2ccccc21. The minimum absolute atomic E-state index is 0.533. The Bertz CT molecular complexity index is 2700. The van der Waals surface area contributed by atoms with E-state index >= 15 is 0 Å². The molecular weight excluding hydrogens is 587 g/mol. The van der Waals surface area contributed by atoms with Gasteiger partial charge in [-0.2, -0.15) is 10.5 Å². The maximum Gasteiger partial charge on any atom is 0.137 e. The Morgan fingerprint density at radius 2 is 0.958 bits per heavy atom. The largest absolute Gasteiger partial charge is 0.308 e. The highest BCUT2D eigenvalue weighted by Gasteiger charge is 2.18. The number of hydrogen-bond acceptors (Lipinski definition) is 3. The molecule has 222 valence electrons. The molecule has 0 aliphatic carbocycles. The smallest absolute Gasteiger partial charge is 0.137 e. The molecule has 6 aromatic carbocycles. The molecule has 0 fully saturated rings. The van der Waals surface area contributed by atoms with Crippen LogP contribution in [0.1, 0.15) is 11.1 Å². The van der Waals surface area contributed by atoms with Gasteiger partial charge in [-0.25, -0.2) is 4.98 Å². The third-order valence-corrected chi connectivity index (χ3v) is 9.29. The first-order valence-electron chi connectivity index (χ1n) is 15.8. The van der Waals surface area contributed by atoms with Crippen molar-refractivity contribution < 1.29 is 0 Å². The van der Waals surface area contributed by atoms with Gasteiger partial charge in [0.25, 0.3) is 0 Å². The number of benzene rings is 6. The van der Waals surface area contributed by atoms with Crippen molar-refractivity contribution in [2.24, 2.45) is 0 Å². The topological polar surface area (TPSA) is 70.3 Å². The molecule has 0 aliphatic heterocycles. The van der Waals surface area contributed by atoms with E-state index in [4.69, 9.17) is 4.98 Å². The van der Waals surface area contributed by atoms with Crippen molar-refractivity contribution in [3.63, 3.8) is 0 Å². The van der Waals surface area contributed by atoms with E-state index in [9.17, 15) is 10.5 Å². The fourth-order valence-corrected chi connectivity index (χ4v) is 7.17. The summed E-state index contributed by atoms with van der Waals surface area (Å²) in [5.74, 6) is 0.810. The van der Waals surface area contributed by atoms with E-state index in [0.29, 0.717) is 11.1 Å². The quantitative estimate of drug-likeness (QED) is 0.199. The molecule has 5 nitrogen and oxygen atoms in total. The molecule has 0 saturated heterocycles.